The van der Waals surface area contributed by atoms with Crippen molar-refractivity contribution in [2.45, 2.75) is 149 Å². The fourth-order valence-electron chi connectivity index (χ4n) is 10.4. The summed E-state index contributed by atoms with van der Waals surface area (Å²) in [4.78, 5) is 12.0. The smallest absolute Gasteiger partial charge is 0.748 e. The van der Waals surface area contributed by atoms with Gasteiger partial charge in [-0.15, -0.1) is 0 Å². The van der Waals surface area contributed by atoms with Crippen molar-refractivity contribution >= 4 is 36.3 Å². The van der Waals surface area contributed by atoms with Gasteiger partial charge < -0.3 is 29.0 Å². The van der Waals surface area contributed by atoms with Gasteiger partial charge in [0.1, 0.15) is 18.6 Å². The van der Waals surface area contributed by atoms with Crippen molar-refractivity contribution in [1.29, 1.82) is 0 Å². The first-order valence-corrected chi connectivity index (χ1v) is 23.2. The Kier molecular flexibility index (Phi) is 18.7. The summed E-state index contributed by atoms with van der Waals surface area (Å²) in [6.07, 6.45) is -0.925. The number of aliphatic hydroxyl groups is 2. The van der Waals surface area contributed by atoms with Gasteiger partial charge in [-0.2, -0.15) is 10.2 Å². The van der Waals surface area contributed by atoms with Crippen LogP contribution in [-0.2, 0) is 35.1 Å². The van der Waals surface area contributed by atoms with Gasteiger partial charge in [-0.1, -0.05) is 19.8 Å². The predicted molar refractivity (Wildman–Crippen MR) is 185 cm³/mol. The summed E-state index contributed by atoms with van der Waals surface area (Å²) in [5.74, 6) is -3.61. The van der Waals surface area contributed by atoms with Crippen molar-refractivity contribution in [3.8, 4) is 0 Å². The fourth-order valence-corrected chi connectivity index (χ4v) is 13.3. The molecule has 1 saturated heterocycles. The van der Waals surface area contributed by atoms with E-state index >= 15 is 0 Å². The fraction of sp³-hybridized carbons (Fsp3) is 0.968. The van der Waals surface area contributed by atoms with Gasteiger partial charge in [0.25, 0.3) is 0 Å². The first-order valence-electron chi connectivity index (χ1n) is 18.8. The summed E-state index contributed by atoms with van der Waals surface area (Å²) < 4.78 is 110. The SMILES string of the molecule is CC1CCC(N=NC2C(O)C3C(CC(S(=O)(=O)[O-])CC3NC3NC(O)NC(NC4CCCC5CC(S(=O)(=O)[O-])CCC54)N3)CC2S(=O)(=O)[O-])C(C(=O)O)C1.[Li+].[Li+].[Li+]. The van der Waals surface area contributed by atoms with Gasteiger partial charge in [-0.25, -0.2) is 25.3 Å². The van der Waals surface area contributed by atoms with Crippen LogP contribution in [-0.4, -0.2) is 125 Å². The summed E-state index contributed by atoms with van der Waals surface area (Å²) in [6, 6.07) is -3.49. The summed E-state index contributed by atoms with van der Waals surface area (Å²) in [6.45, 7) is 1.91. The van der Waals surface area contributed by atoms with E-state index in [2.05, 4.69) is 36.8 Å². The molecule has 310 valence electrons. The minimum Gasteiger partial charge on any atom is -0.748 e. The number of hydrogen-bond donors (Lipinski definition) is 8. The van der Waals surface area contributed by atoms with Crippen LogP contribution in [0.4, 0.5) is 0 Å². The number of aliphatic hydroxyl groups excluding tert-OH is 2. The minimum absolute atomic E-state index is 0. The molecule has 5 aliphatic carbocycles. The molecule has 1 heterocycles. The van der Waals surface area contributed by atoms with E-state index < -0.39 is 119 Å². The third-order valence-corrected chi connectivity index (χ3v) is 16.7. The van der Waals surface area contributed by atoms with Crippen LogP contribution in [0.2, 0.25) is 0 Å². The molecule has 0 aromatic rings. The molecule has 6 fully saturated rings. The third-order valence-electron chi connectivity index (χ3n) is 13.0. The van der Waals surface area contributed by atoms with Crippen LogP contribution in [0.3, 0.4) is 0 Å². The molecule has 5 saturated carbocycles. The van der Waals surface area contributed by atoms with Crippen LogP contribution >= 0.6 is 0 Å². The molecule has 0 aromatic heterocycles. The zero-order valence-corrected chi connectivity index (χ0v) is 35.3. The van der Waals surface area contributed by atoms with Gasteiger partial charge in [-0.3, -0.25) is 31.4 Å². The monoisotopic (exact) mass is 847 g/mol. The maximum atomic E-state index is 12.6. The van der Waals surface area contributed by atoms with Crippen molar-refractivity contribution in [2.24, 2.45) is 45.7 Å². The van der Waals surface area contributed by atoms with E-state index in [4.69, 9.17) is 0 Å². The van der Waals surface area contributed by atoms with Crippen molar-refractivity contribution in [3.63, 3.8) is 0 Å². The van der Waals surface area contributed by atoms with Gasteiger partial charge in [0, 0.05) is 23.3 Å². The Morgan fingerprint density at radius 3 is 1.89 bits per heavy atom. The quantitative estimate of drug-likeness (QED) is 0.0575. The molecule has 8 N–H and O–H groups in total. The predicted octanol–water partition coefficient (Wildman–Crippen LogP) is -10.6. The van der Waals surface area contributed by atoms with Crippen LogP contribution in [0.15, 0.2) is 10.2 Å². The van der Waals surface area contributed by atoms with Crippen LogP contribution in [0.25, 0.3) is 0 Å². The average Bonchev–Trinajstić information content (AvgIpc) is 3.06. The van der Waals surface area contributed by atoms with Crippen LogP contribution in [0.1, 0.15) is 84.0 Å². The van der Waals surface area contributed by atoms with Gasteiger partial charge in [0.05, 0.1) is 58.9 Å². The zero-order chi connectivity index (χ0) is 39.3. The zero-order valence-electron chi connectivity index (χ0n) is 32.8. The Morgan fingerprint density at radius 2 is 1.30 bits per heavy atom. The number of nitrogens with one attached hydrogen (secondary N) is 5. The Bertz CT molecular complexity index is 1740. The Hall–Kier alpha value is 0.312. The second-order valence-corrected chi connectivity index (χ2v) is 21.3. The molecule has 1 aliphatic heterocycles. The van der Waals surface area contributed by atoms with Crippen LogP contribution in [0.5, 0.6) is 0 Å². The van der Waals surface area contributed by atoms with E-state index in [1.165, 1.54) is 0 Å². The number of hydrogen-bond acceptors (Lipinski definition) is 19. The topological polar surface area (TPSA) is 334 Å². The number of carbonyl (C=O) groups is 1. The molecule has 26 heteroatoms. The van der Waals surface area contributed by atoms with Gasteiger partial charge in [0.2, 0.25) is 0 Å². The molecule has 17 atom stereocenters. The number of nitrogens with zero attached hydrogens (tertiary/aromatic N) is 2. The van der Waals surface area contributed by atoms with Crippen molar-refractivity contribution in [2.75, 3.05) is 0 Å². The van der Waals surface area contributed by atoms with Crippen LogP contribution in [0, 0.1) is 35.5 Å². The first kappa shape index (κ1) is 51.7. The standard InChI is InChI=1S/C31H55N7O13S3.3Li/c1-14-5-8-22(20(9-14)28(40)41)37-38-26-24(54(49,50)51)12-16-11-18(53(46,47)48)13-23(25(16)27(26)39)33-30-34-29(35-31(42)36-30)32-21-4-2-3-15-10-17(52(43,44)45)6-7-19(15)21;;;/h14-27,29-36,39,42H,2-13H2,1H3,(H,40,41)(H,43,44,45)(H,46,47,48)(H,49,50,51);;;/q;3*+1/p-3. The number of aliphatic carboxylic acids is 1. The third kappa shape index (κ3) is 12.5. The molecule has 6 aliphatic rings. The van der Waals surface area contributed by atoms with Gasteiger partial charge in [0.15, 0.2) is 6.35 Å². The molecule has 0 bridgehead atoms. The van der Waals surface area contributed by atoms with E-state index in [0.29, 0.717) is 32.1 Å². The Labute approximate surface area is 370 Å². The van der Waals surface area contributed by atoms with Crippen LogP contribution < -0.4 is 83.2 Å². The van der Waals surface area contributed by atoms with E-state index in [9.17, 15) is 59.0 Å². The first-order chi connectivity index (χ1) is 25.2. The number of carboxylic acid groups (broad SMARTS) is 1. The largest absolute Gasteiger partial charge is 1.00 e. The summed E-state index contributed by atoms with van der Waals surface area (Å²) >= 11 is 0. The molecular formula is C31H52Li3N7O13S3. The Morgan fingerprint density at radius 1 is 0.684 bits per heavy atom. The van der Waals surface area contributed by atoms with Gasteiger partial charge >= 0.3 is 62.6 Å². The van der Waals surface area contributed by atoms with E-state index in [0.717, 1.165) is 19.3 Å². The normalized spacial score (nSPS) is 42.9. The minimum atomic E-state index is -5.14. The van der Waals surface area contributed by atoms with Crippen molar-refractivity contribution in [3.05, 3.63) is 0 Å². The van der Waals surface area contributed by atoms with Crippen molar-refractivity contribution in [1.82, 2.24) is 26.6 Å². The number of azo groups is 1. The molecule has 0 radical (unpaired) electrons. The van der Waals surface area contributed by atoms with E-state index in [-0.39, 0.29) is 99.6 Å². The van der Waals surface area contributed by atoms with E-state index in [1.807, 2.05) is 6.92 Å². The second kappa shape index (κ2) is 20.7. The molecule has 20 nitrogen and oxygen atoms in total. The molecule has 0 amide bonds. The summed E-state index contributed by atoms with van der Waals surface area (Å²) in [7, 11) is -14.5. The average molecular weight is 848 g/mol. The molecule has 57 heavy (non-hydrogen) atoms. The number of fused-ring (bicyclic) bond motifs is 2. The van der Waals surface area contributed by atoms with Gasteiger partial charge in [-0.05, 0) is 87.9 Å². The molecular weight excluding hydrogens is 795 g/mol. The van der Waals surface area contributed by atoms with E-state index in [1.54, 1.807) is 0 Å². The van der Waals surface area contributed by atoms with Crippen molar-refractivity contribution < 1.29 is 116 Å². The Balaban J connectivity index is 0.00000290. The summed E-state index contributed by atoms with van der Waals surface area (Å²) in [5.41, 5.74) is 0. The maximum absolute atomic E-state index is 12.6. The number of carboxylic acids is 1. The summed E-state index contributed by atoms with van der Waals surface area (Å²) in [5, 5.41) is 52.1. The maximum Gasteiger partial charge on any atom is 1.00 e. The second-order valence-electron chi connectivity index (χ2n) is 16.4. The molecule has 6 rings (SSSR count). The number of rotatable bonds is 10. The molecule has 17 unspecified atom stereocenters. The molecule has 0 spiro atoms. The molecule has 0 aromatic carbocycles.